The summed E-state index contributed by atoms with van der Waals surface area (Å²) in [6.07, 6.45) is 0. The van der Waals surface area contributed by atoms with Crippen molar-refractivity contribution >= 4 is 29.2 Å². The fraction of sp³-hybridized carbons (Fsp3) is 0.263. The second kappa shape index (κ2) is 8.10. The Kier molecular flexibility index (Phi) is 5.63. The van der Waals surface area contributed by atoms with Crippen molar-refractivity contribution in [2.75, 3.05) is 38.6 Å². The maximum atomic E-state index is 12.5. The molecule has 1 saturated heterocycles. The molecule has 0 saturated carbocycles. The lowest BCUT2D eigenvalue weighted by atomic mass is 10.2. The van der Waals surface area contributed by atoms with Gasteiger partial charge in [-0.25, -0.2) is 4.79 Å². The summed E-state index contributed by atoms with van der Waals surface area (Å²) in [5.74, 6) is 0.689. The highest BCUT2D eigenvalue weighted by Crippen LogP contribution is 2.17. The van der Waals surface area contributed by atoms with Gasteiger partial charge in [-0.3, -0.25) is 4.79 Å². The van der Waals surface area contributed by atoms with Gasteiger partial charge in [0, 0.05) is 42.5 Å². The number of halogens is 1. The maximum Gasteiger partial charge on any atom is 0.321 e. The highest BCUT2D eigenvalue weighted by atomic mass is 35.5. The molecule has 7 heteroatoms. The fourth-order valence-electron chi connectivity index (χ4n) is 2.76. The largest absolute Gasteiger partial charge is 0.497 e. The molecular formula is C19H20ClN3O3. The van der Waals surface area contributed by atoms with Crippen LogP contribution in [0.25, 0.3) is 0 Å². The van der Waals surface area contributed by atoms with Gasteiger partial charge in [0.25, 0.3) is 5.91 Å². The van der Waals surface area contributed by atoms with Crippen LogP contribution in [0.5, 0.6) is 5.75 Å². The average molecular weight is 374 g/mol. The Morgan fingerprint density at radius 1 is 0.923 bits per heavy atom. The first kappa shape index (κ1) is 18.1. The summed E-state index contributed by atoms with van der Waals surface area (Å²) in [4.78, 5) is 28.3. The zero-order valence-corrected chi connectivity index (χ0v) is 15.2. The third kappa shape index (κ3) is 4.26. The lowest BCUT2D eigenvalue weighted by molar-refractivity contribution is 0.0671. The van der Waals surface area contributed by atoms with Crippen molar-refractivity contribution in [3.05, 3.63) is 59.1 Å². The van der Waals surface area contributed by atoms with Gasteiger partial charge in [-0.05, 0) is 48.5 Å². The Labute approximate surface area is 157 Å². The lowest BCUT2D eigenvalue weighted by Gasteiger charge is -2.34. The molecule has 6 nitrogen and oxygen atoms in total. The molecule has 1 heterocycles. The summed E-state index contributed by atoms with van der Waals surface area (Å²) in [5.41, 5.74) is 1.31. The molecule has 3 rings (SSSR count). The summed E-state index contributed by atoms with van der Waals surface area (Å²) in [6, 6.07) is 13.8. The van der Waals surface area contributed by atoms with E-state index >= 15 is 0 Å². The van der Waals surface area contributed by atoms with Crippen LogP contribution in [0.3, 0.4) is 0 Å². The number of hydrogen-bond acceptors (Lipinski definition) is 3. The number of hydrogen-bond donors (Lipinski definition) is 1. The number of anilines is 1. The van der Waals surface area contributed by atoms with E-state index in [1.54, 1.807) is 65.4 Å². The molecule has 2 aromatic rings. The van der Waals surface area contributed by atoms with Gasteiger partial charge in [-0.2, -0.15) is 0 Å². The molecule has 0 aliphatic carbocycles. The van der Waals surface area contributed by atoms with Gasteiger partial charge in [-0.15, -0.1) is 0 Å². The second-order valence-electron chi connectivity index (χ2n) is 5.94. The minimum absolute atomic E-state index is 0.0446. The van der Waals surface area contributed by atoms with Crippen molar-refractivity contribution in [3.63, 3.8) is 0 Å². The van der Waals surface area contributed by atoms with Crippen molar-refractivity contribution in [1.29, 1.82) is 0 Å². The SMILES string of the molecule is COc1ccc(NC(=O)N2CCN(C(=O)c3ccc(Cl)cc3)CC2)cc1. The minimum atomic E-state index is -0.172. The average Bonchev–Trinajstić information content (AvgIpc) is 2.69. The number of amides is 3. The van der Waals surface area contributed by atoms with Gasteiger partial charge in [-0.1, -0.05) is 11.6 Å². The van der Waals surface area contributed by atoms with E-state index in [0.717, 1.165) is 5.75 Å². The van der Waals surface area contributed by atoms with Gasteiger partial charge >= 0.3 is 6.03 Å². The van der Waals surface area contributed by atoms with E-state index in [1.165, 1.54) is 0 Å². The van der Waals surface area contributed by atoms with Crippen LogP contribution in [0.4, 0.5) is 10.5 Å². The molecule has 0 spiro atoms. The van der Waals surface area contributed by atoms with Crippen LogP contribution >= 0.6 is 11.6 Å². The molecule has 0 atom stereocenters. The molecule has 26 heavy (non-hydrogen) atoms. The molecule has 0 radical (unpaired) electrons. The smallest absolute Gasteiger partial charge is 0.321 e. The van der Waals surface area contributed by atoms with Gasteiger partial charge < -0.3 is 19.9 Å². The molecule has 1 N–H and O–H groups in total. The van der Waals surface area contributed by atoms with E-state index in [4.69, 9.17) is 16.3 Å². The zero-order valence-electron chi connectivity index (χ0n) is 14.4. The number of carbonyl (C=O) groups is 2. The van der Waals surface area contributed by atoms with Crippen LogP contribution in [0.2, 0.25) is 5.02 Å². The van der Waals surface area contributed by atoms with Crippen LogP contribution < -0.4 is 10.1 Å². The molecule has 2 aromatic carbocycles. The van der Waals surface area contributed by atoms with Gasteiger partial charge in [0.2, 0.25) is 0 Å². The molecule has 0 aromatic heterocycles. The number of benzene rings is 2. The summed E-state index contributed by atoms with van der Waals surface area (Å²) >= 11 is 5.86. The highest BCUT2D eigenvalue weighted by molar-refractivity contribution is 6.30. The van der Waals surface area contributed by atoms with Gasteiger partial charge in [0.1, 0.15) is 5.75 Å². The third-order valence-electron chi connectivity index (χ3n) is 4.29. The van der Waals surface area contributed by atoms with Gasteiger partial charge in [0.05, 0.1) is 7.11 Å². The lowest BCUT2D eigenvalue weighted by Crippen LogP contribution is -2.51. The number of nitrogens with zero attached hydrogens (tertiary/aromatic N) is 2. The van der Waals surface area contributed by atoms with Crippen LogP contribution in [0.1, 0.15) is 10.4 Å². The molecule has 3 amide bonds. The first-order chi connectivity index (χ1) is 12.6. The van der Waals surface area contributed by atoms with E-state index in [1.807, 2.05) is 0 Å². The number of rotatable bonds is 3. The topological polar surface area (TPSA) is 61.9 Å². The Hall–Kier alpha value is -2.73. The second-order valence-corrected chi connectivity index (χ2v) is 6.38. The number of nitrogens with one attached hydrogen (secondary N) is 1. The van der Waals surface area contributed by atoms with Crippen LogP contribution in [0.15, 0.2) is 48.5 Å². The highest BCUT2D eigenvalue weighted by Gasteiger charge is 2.24. The first-order valence-corrected chi connectivity index (χ1v) is 8.69. The summed E-state index contributed by atoms with van der Waals surface area (Å²) < 4.78 is 5.10. The molecule has 1 aliphatic rings. The van der Waals surface area contributed by atoms with E-state index in [9.17, 15) is 9.59 Å². The summed E-state index contributed by atoms with van der Waals surface area (Å²) in [5, 5.41) is 3.46. The molecule has 1 aliphatic heterocycles. The first-order valence-electron chi connectivity index (χ1n) is 8.31. The van der Waals surface area contributed by atoms with Crippen LogP contribution in [-0.2, 0) is 0 Å². The Bertz CT molecular complexity index is 770. The van der Waals surface area contributed by atoms with Crippen LogP contribution in [0, 0.1) is 0 Å². The van der Waals surface area contributed by atoms with Gasteiger partial charge in [0.15, 0.2) is 0 Å². The number of urea groups is 1. The number of methoxy groups -OCH3 is 1. The molecule has 136 valence electrons. The standard InChI is InChI=1S/C19H20ClN3O3/c1-26-17-8-6-16(7-9-17)21-19(25)23-12-10-22(11-13-23)18(24)14-2-4-15(20)5-3-14/h2-9H,10-13H2,1H3,(H,21,25). The quantitative estimate of drug-likeness (QED) is 0.897. The summed E-state index contributed by atoms with van der Waals surface area (Å²) in [6.45, 7) is 1.97. The molecule has 1 fully saturated rings. The fourth-order valence-corrected chi connectivity index (χ4v) is 2.89. The maximum absolute atomic E-state index is 12.5. The van der Waals surface area contributed by atoms with E-state index in [-0.39, 0.29) is 11.9 Å². The number of ether oxygens (including phenoxy) is 1. The normalized spacial score (nSPS) is 14.1. The Morgan fingerprint density at radius 2 is 1.50 bits per heavy atom. The van der Waals surface area contributed by atoms with E-state index in [2.05, 4.69) is 5.32 Å². The molecule has 0 bridgehead atoms. The molecule has 0 unspecified atom stereocenters. The van der Waals surface area contributed by atoms with E-state index < -0.39 is 0 Å². The van der Waals surface area contributed by atoms with Crippen molar-refractivity contribution < 1.29 is 14.3 Å². The number of carbonyl (C=O) groups excluding carboxylic acids is 2. The Balaban J connectivity index is 1.53. The van der Waals surface area contributed by atoms with Crippen LogP contribution in [-0.4, -0.2) is 55.0 Å². The monoisotopic (exact) mass is 373 g/mol. The van der Waals surface area contributed by atoms with Crippen molar-refractivity contribution in [2.24, 2.45) is 0 Å². The summed E-state index contributed by atoms with van der Waals surface area (Å²) in [7, 11) is 1.60. The predicted molar refractivity (Wildman–Crippen MR) is 101 cm³/mol. The number of piperazine rings is 1. The minimum Gasteiger partial charge on any atom is -0.497 e. The van der Waals surface area contributed by atoms with E-state index in [0.29, 0.717) is 42.5 Å². The predicted octanol–water partition coefficient (Wildman–Crippen LogP) is 3.34. The Morgan fingerprint density at radius 3 is 2.08 bits per heavy atom. The third-order valence-corrected chi connectivity index (χ3v) is 4.54. The van der Waals surface area contributed by atoms with Crippen molar-refractivity contribution in [1.82, 2.24) is 9.80 Å². The van der Waals surface area contributed by atoms with Crippen molar-refractivity contribution in [2.45, 2.75) is 0 Å². The molecular weight excluding hydrogens is 354 g/mol. The zero-order chi connectivity index (χ0) is 18.5. The van der Waals surface area contributed by atoms with Crippen molar-refractivity contribution in [3.8, 4) is 5.75 Å².